The summed E-state index contributed by atoms with van der Waals surface area (Å²) in [5.41, 5.74) is 5.11. The second-order valence-corrected chi connectivity index (χ2v) is 12.2. The van der Waals surface area contributed by atoms with Gasteiger partial charge >= 0.3 is 6.18 Å². The number of rotatable bonds is 17. The Balaban J connectivity index is 1.62. The first-order valence-corrected chi connectivity index (χ1v) is 16.2. The van der Waals surface area contributed by atoms with E-state index in [1.54, 1.807) is 0 Å². The van der Waals surface area contributed by atoms with Crippen LogP contribution in [0.2, 0.25) is 0 Å². The van der Waals surface area contributed by atoms with Crippen molar-refractivity contribution in [2.75, 3.05) is 6.54 Å². The van der Waals surface area contributed by atoms with Crippen molar-refractivity contribution in [2.45, 2.75) is 82.2 Å². The number of nitrogens with one attached hydrogen (secondary N) is 5. The quantitative estimate of drug-likeness (QED) is 0.137. The van der Waals surface area contributed by atoms with Crippen molar-refractivity contribution in [2.24, 2.45) is 11.7 Å². The summed E-state index contributed by atoms with van der Waals surface area (Å²) in [6.07, 6.45) is -2.78. The lowest BCUT2D eigenvalue weighted by Crippen LogP contribution is -2.50. The summed E-state index contributed by atoms with van der Waals surface area (Å²) >= 11 is 0. The fourth-order valence-corrected chi connectivity index (χ4v) is 5.86. The molecule has 1 aliphatic carbocycles. The minimum atomic E-state index is -4.66. The van der Waals surface area contributed by atoms with E-state index < -0.39 is 77.8 Å². The maximum absolute atomic E-state index is 13.6. The van der Waals surface area contributed by atoms with Gasteiger partial charge < -0.3 is 32.3 Å². The first kappa shape index (κ1) is 39.2. The Kier molecular flexibility index (Phi) is 14.5. The van der Waals surface area contributed by atoms with Gasteiger partial charge in [0.05, 0.1) is 5.56 Å². The SMILES string of the molecule is C=CC(=O)N[C@H](Cc1ccccc1C(F)(F)F)C(=O)N[C@H]1CC[C@@H](C(=O)N[C@@H](CC(=O)NCC[C@@H](NC(C)=O)C(N)=O)Cc2ccccc2)C1. The molecule has 1 saturated carbocycles. The fourth-order valence-electron chi connectivity index (χ4n) is 5.86. The van der Waals surface area contributed by atoms with E-state index in [-0.39, 0.29) is 37.3 Å². The zero-order valence-electron chi connectivity index (χ0n) is 27.7. The highest BCUT2D eigenvalue weighted by Crippen LogP contribution is 2.32. The van der Waals surface area contributed by atoms with Crippen LogP contribution in [0.1, 0.15) is 55.7 Å². The van der Waals surface area contributed by atoms with Crippen LogP contribution >= 0.6 is 0 Å². The number of alkyl halides is 3. The second-order valence-electron chi connectivity index (χ2n) is 12.2. The molecule has 3 rings (SSSR count). The van der Waals surface area contributed by atoms with Crippen molar-refractivity contribution in [1.82, 2.24) is 26.6 Å². The van der Waals surface area contributed by atoms with E-state index in [0.717, 1.165) is 17.7 Å². The molecular formula is C35H43F3N6O6. The molecule has 50 heavy (non-hydrogen) atoms. The van der Waals surface area contributed by atoms with E-state index >= 15 is 0 Å². The topological polar surface area (TPSA) is 189 Å². The van der Waals surface area contributed by atoms with Crippen LogP contribution in [0.5, 0.6) is 0 Å². The summed E-state index contributed by atoms with van der Waals surface area (Å²) in [7, 11) is 0. The predicted molar refractivity (Wildman–Crippen MR) is 178 cm³/mol. The molecule has 7 N–H and O–H groups in total. The Morgan fingerprint density at radius 3 is 2.24 bits per heavy atom. The molecule has 0 heterocycles. The van der Waals surface area contributed by atoms with Crippen molar-refractivity contribution in [3.8, 4) is 0 Å². The van der Waals surface area contributed by atoms with Gasteiger partial charge in [-0.3, -0.25) is 28.8 Å². The molecule has 0 unspecified atom stereocenters. The number of amides is 6. The van der Waals surface area contributed by atoms with Crippen LogP contribution in [-0.2, 0) is 47.8 Å². The van der Waals surface area contributed by atoms with Crippen molar-refractivity contribution in [1.29, 1.82) is 0 Å². The molecule has 2 aromatic rings. The lowest BCUT2D eigenvalue weighted by molar-refractivity contribution is -0.138. The molecule has 6 amide bonds. The molecule has 0 spiro atoms. The Morgan fingerprint density at radius 1 is 0.920 bits per heavy atom. The first-order valence-electron chi connectivity index (χ1n) is 16.2. The summed E-state index contributed by atoms with van der Waals surface area (Å²) < 4.78 is 40.8. The number of primary amides is 1. The van der Waals surface area contributed by atoms with Gasteiger partial charge in [0.1, 0.15) is 12.1 Å². The summed E-state index contributed by atoms with van der Waals surface area (Å²) in [6, 6.07) is 10.6. The molecule has 0 aliphatic heterocycles. The van der Waals surface area contributed by atoms with Gasteiger partial charge in [-0.2, -0.15) is 13.2 Å². The van der Waals surface area contributed by atoms with Crippen molar-refractivity contribution < 1.29 is 41.9 Å². The third-order valence-corrected chi connectivity index (χ3v) is 8.29. The zero-order valence-corrected chi connectivity index (χ0v) is 27.7. The number of carbonyl (C=O) groups is 6. The molecule has 1 fully saturated rings. The summed E-state index contributed by atoms with van der Waals surface area (Å²) in [6.45, 7) is 4.65. The molecule has 15 heteroatoms. The van der Waals surface area contributed by atoms with Crippen LogP contribution in [0.4, 0.5) is 13.2 Å². The number of nitrogens with two attached hydrogens (primary N) is 1. The molecule has 2 aromatic carbocycles. The maximum Gasteiger partial charge on any atom is 0.416 e. The molecule has 5 atom stereocenters. The molecule has 1 aliphatic rings. The summed E-state index contributed by atoms with van der Waals surface area (Å²) in [4.78, 5) is 74.6. The van der Waals surface area contributed by atoms with Crippen molar-refractivity contribution in [3.63, 3.8) is 0 Å². The Morgan fingerprint density at radius 2 is 1.60 bits per heavy atom. The average molecular weight is 701 g/mol. The third-order valence-electron chi connectivity index (χ3n) is 8.29. The molecule has 0 saturated heterocycles. The van der Waals surface area contributed by atoms with Gasteiger partial charge in [-0.05, 0) is 55.4 Å². The van der Waals surface area contributed by atoms with Crippen LogP contribution in [0, 0.1) is 5.92 Å². The Labute approximate surface area is 288 Å². The highest BCUT2D eigenvalue weighted by Gasteiger charge is 2.36. The second kappa shape index (κ2) is 18.5. The van der Waals surface area contributed by atoms with Crippen LogP contribution in [-0.4, -0.2) is 66.2 Å². The van der Waals surface area contributed by atoms with Crippen LogP contribution in [0.3, 0.4) is 0 Å². The summed E-state index contributed by atoms with van der Waals surface area (Å²) in [5, 5.41) is 13.2. The van der Waals surface area contributed by atoms with E-state index in [0.29, 0.717) is 19.3 Å². The van der Waals surface area contributed by atoms with Crippen molar-refractivity contribution in [3.05, 3.63) is 83.9 Å². The van der Waals surface area contributed by atoms with E-state index in [2.05, 4.69) is 33.2 Å². The molecule has 12 nitrogen and oxygen atoms in total. The largest absolute Gasteiger partial charge is 0.416 e. The van der Waals surface area contributed by atoms with Gasteiger partial charge in [0, 0.05) is 44.3 Å². The number of hydrogen-bond acceptors (Lipinski definition) is 6. The molecule has 270 valence electrons. The Hall–Kier alpha value is -5.21. The summed E-state index contributed by atoms with van der Waals surface area (Å²) in [5.74, 6) is -3.85. The fraction of sp³-hybridized carbons (Fsp3) is 0.429. The van der Waals surface area contributed by atoms with Gasteiger partial charge in [-0.25, -0.2) is 0 Å². The van der Waals surface area contributed by atoms with Crippen LogP contribution in [0.15, 0.2) is 67.3 Å². The van der Waals surface area contributed by atoms with E-state index in [1.807, 2.05) is 30.3 Å². The van der Waals surface area contributed by atoms with E-state index in [4.69, 9.17) is 5.73 Å². The van der Waals surface area contributed by atoms with Crippen LogP contribution < -0.4 is 32.3 Å². The van der Waals surface area contributed by atoms with Gasteiger partial charge in [0.15, 0.2) is 0 Å². The van der Waals surface area contributed by atoms with Gasteiger partial charge in [-0.15, -0.1) is 0 Å². The first-order chi connectivity index (χ1) is 23.7. The third kappa shape index (κ3) is 12.7. The average Bonchev–Trinajstić information content (AvgIpc) is 3.52. The number of hydrogen-bond donors (Lipinski definition) is 6. The zero-order chi connectivity index (χ0) is 36.8. The molecular weight excluding hydrogens is 657 g/mol. The lowest BCUT2D eigenvalue weighted by Gasteiger charge is -2.23. The molecule has 0 radical (unpaired) electrons. The highest BCUT2D eigenvalue weighted by atomic mass is 19.4. The standard InChI is InChI=1S/C35H43F3N6O6/c1-3-30(46)44-29(19-23-11-7-8-12-27(23)35(36,37)38)34(50)42-25-14-13-24(18-25)33(49)43-26(17-22-9-5-4-6-10-22)20-31(47)40-16-15-28(32(39)48)41-21(2)45/h3-12,24-26,28-29H,1,13-20H2,2H3,(H2,39,48)(H,40,47)(H,41,45)(H,42,50)(H,43,49)(H,44,46)/t24-,25+,26-,28-,29-/m1/s1. The highest BCUT2D eigenvalue weighted by molar-refractivity contribution is 5.93. The Bertz CT molecular complexity index is 1540. The molecule has 0 bridgehead atoms. The smallest absolute Gasteiger partial charge is 0.368 e. The number of halogens is 3. The number of carbonyl (C=O) groups excluding carboxylic acids is 6. The maximum atomic E-state index is 13.6. The normalized spacial score (nSPS) is 17.4. The van der Waals surface area contributed by atoms with Crippen molar-refractivity contribution >= 4 is 35.4 Å². The van der Waals surface area contributed by atoms with Gasteiger partial charge in [0.25, 0.3) is 0 Å². The predicted octanol–water partition coefficient (Wildman–Crippen LogP) is 1.82. The van der Waals surface area contributed by atoms with Gasteiger partial charge in [-0.1, -0.05) is 55.1 Å². The van der Waals surface area contributed by atoms with E-state index in [9.17, 15) is 41.9 Å². The number of benzene rings is 2. The minimum absolute atomic E-state index is 0.0543. The van der Waals surface area contributed by atoms with Gasteiger partial charge in [0.2, 0.25) is 35.4 Å². The minimum Gasteiger partial charge on any atom is -0.368 e. The van der Waals surface area contributed by atoms with E-state index in [1.165, 1.54) is 25.1 Å². The monoisotopic (exact) mass is 700 g/mol. The molecule has 0 aromatic heterocycles. The lowest BCUT2D eigenvalue weighted by atomic mass is 9.98. The van der Waals surface area contributed by atoms with Crippen LogP contribution in [0.25, 0.3) is 0 Å².